The van der Waals surface area contributed by atoms with Gasteiger partial charge >= 0.3 is 0 Å². The first-order chi connectivity index (χ1) is 10.7. The topological polar surface area (TPSA) is 3.24 Å². The van der Waals surface area contributed by atoms with Crippen LogP contribution in [-0.2, 0) is 6.42 Å². The lowest BCUT2D eigenvalue weighted by Gasteiger charge is -2.37. The van der Waals surface area contributed by atoms with Crippen molar-refractivity contribution in [3.05, 3.63) is 88.6 Å². The maximum Gasteiger partial charge on any atom is 0.0732 e. The Bertz CT molecular complexity index is 762. The molecule has 0 saturated heterocycles. The van der Waals surface area contributed by atoms with Crippen LogP contribution < -0.4 is 0 Å². The summed E-state index contributed by atoms with van der Waals surface area (Å²) in [6, 6.07) is 16.0. The third-order valence-electron chi connectivity index (χ3n) is 4.71. The number of allylic oxidation sites excluding steroid dienone is 2. The second kappa shape index (κ2) is 5.17. The minimum absolute atomic E-state index is 0.380. The van der Waals surface area contributed by atoms with Gasteiger partial charge in [-0.2, -0.15) is 0 Å². The Labute approximate surface area is 132 Å². The van der Waals surface area contributed by atoms with E-state index < -0.39 is 0 Å². The maximum atomic E-state index is 2.45. The number of fused-ring (bicyclic) bond motifs is 3. The standard InChI is InChI=1S/C21H21N/c1-15-11-16(2)13-19(12-15)18-8-10-22-9-7-17-5-3-4-6-20(17)21(22)14-18/h3-6,8,10-14,21H,7,9H2,1-2H3. The minimum Gasteiger partial charge on any atom is -0.367 e. The zero-order valence-corrected chi connectivity index (χ0v) is 13.2. The summed E-state index contributed by atoms with van der Waals surface area (Å²) in [4.78, 5) is 2.45. The van der Waals surface area contributed by atoms with Crippen molar-refractivity contribution >= 4 is 5.57 Å². The van der Waals surface area contributed by atoms with E-state index in [9.17, 15) is 0 Å². The van der Waals surface area contributed by atoms with Crippen LogP contribution >= 0.6 is 0 Å². The van der Waals surface area contributed by atoms with Gasteiger partial charge in [0.2, 0.25) is 0 Å². The fraction of sp³-hybridized carbons (Fsp3) is 0.238. The molecular formula is C21H21N. The van der Waals surface area contributed by atoms with Crippen LogP contribution in [0.1, 0.15) is 33.9 Å². The summed E-state index contributed by atoms with van der Waals surface area (Å²) in [6.07, 6.45) is 8.10. The van der Waals surface area contributed by atoms with Crippen molar-refractivity contribution in [1.29, 1.82) is 0 Å². The fourth-order valence-electron chi connectivity index (χ4n) is 3.71. The van der Waals surface area contributed by atoms with Crippen LogP contribution in [0.15, 0.2) is 60.8 Å². The van der Waals surface area contributed by atoms with Gasteiger partial charge in [0.1, 0.15) is 0 Å². The molecular weight excluding hydrogens is 266 g/mol. The number of hydrogen-bond donors (Lipinski definition) is 0. The van der Waals surface area contributed by atoms with Gasteiger partial charge in [-0.25, -0.2) is 0 Å². The molecule has 0 fully saturated rings. The van der Waals surface area contributed by atoms with E-state index >= 15 is 0 Å². The van der Waals surface area contributed by atoms with Gasteiger partial charge in [-0.3, -0.25) is 0 Å². The molecule has 0 aromatic heterocycles. The van der Waals surface area contributed by atoms with Gasteiger partial charge in [-0.05, 0) is 54.7 Å². The zero-order valence-electron chi connectivity index (χ0n) is 13.2. The molecule has 0 amide bonds. The van der Waals surface area contributed by atoms with Crippen molar-refractivity contribution < 1.29 is 0 Å². The molecule has 2 aliphatic rings. The SMILES string of the molecule is Cc1cc(C)cc(C2=CC3c4ccccc4CCN3C=C2)c1. The first kappa shape index (κ1) is 13.4. The molecule has 1 heteroatoms. The van der Waals surface area contributed by atoms with Gasteiger partial charge in [0, 0.05) is 12.7 Å². The molecule has 2 heterocycles. The van der Waals surface area contributed by atoms with E-state index in [0.29, 0.717) is 6.04 Å². The molecule has 0 saturated carbocycles. The van der Waals surface area contributed by atoms with E-state index in [0.717, 1.165) is 13.0 Å². The predicted octanol–water partition coefficient (Wildman–Crippen LogP) is 4.81. The Kier molecular flexibility index (Phi) is 3.15. The summed E-state index contributed by atoms with van der Waals surface area (Å²) < 4.78 is 0. The molecule has 1 unspecified atom stereocenters. The van der Waals surface area contributed by atoms with Crippen LogP contribution in [0.3, 0.4) is 0 Å². The van der Waals surface area contributed by atoms with Crippen molar-refractivity contribution in [2.75, 3.05) is 6.54 Å². The fourth-order valence-corrected chi connectivity index (χ4v) is 3.71. The average molecular weight is 287 g/mol. The zero-order chi connectivity index (χ0) is 15.1. The monoisotopic (exact) mass is 287 g/mol. The van der Waals surface area contributed by atoms with Gasteiger partial charge in [-0.1, -0.05) is 53.6 Å². The molecule has 1 atom stereocenters. The van der Waals surface area contributed by atoms with Gasteiger partial charge in [0.15, 0.2) is 0 Å². The molecule has 4 rings (SSSR count). The Morgan fingerprint density at radius 1 is 1.00 bits per heavy atom. The third kappa shape index (κ3) is 2.27. The molecule has 2 aliphatic heterocycles. The molecule has 2 aromatic rings. The van der Waals surface area contributed by atoms with Gasteiger partial charge < -0.3 is 4.90 Å². The molecule has 110 valence electrons. The van der Waals surface area contributed by atoms with Crippen LogP contribution in [0.5, 0.6) is 0 Å². The number of nitrogens with zero attached hydrogens (tertiary/aromatic N) is 1. The minimum atomic E-state index is 0.380. The predicted molar refractivity (Wildman–Crippen MR) is 92.6 cm³/mol. The lowest BCUT2D eigenvalue weighted by Crippen LogP contribution is -2.31. The van der Waals surface area contributed by atoms with E-state index in [1.807, 2.05) is 0 Å². The average Bonchev–Trinajstić information content (AvgIpc) is 2.53. The van der Waals surface area contributed by atoms with Crippen molar-refractivity contribution in [1.82, 2.24) is 4.90 Å². The molecule has 22 heavy (non-hydrogen) atoms. The highest BCUT2D eigenvalue weighted by Gasteiger charge is 2.25. The molecule has 1 nitrogen and oxygen atoms in total. The van der Waals surface area contributed by atoms with Crippen molar-refractivity contribution in [3.8, 4) is 0 Å². The van der Waals surface area contributed by atoms with Crippen molar-refractivity contribution in [2.45, 2.75) is 26.3 Å². The number of hydrogen-bond acceptors (Lipinski definition) is 1. The summed E-state index contributed by atoms with van der Waals surface area (Å²) in [7, 11) is 0. The quantitative estimate of drug-likeness (QED) is 0.727. The Hall–Kier alpha value is -2.28. The number of rotatable bonds is 1. The normalized spacial score (nSPS) is 19.5. The van der Waals surface area contributed by atoms with Crippen LogP contribution in [0.25, 0.3) is 5.57 Å². The summed E-state index contributed by atoms with van der Waals surface area (Å²) in [6.45, 7) is 5.45. The van der Waals surface area contributed by atoms with E-state index in [2.05, 4.69) is 79.6 Å². The summed E-state index contributed by atoms with van der Waals surface area (Å²) >= 11 is 0. The highest BCUT2D eigenvalue weighted by molar-refractivity contribution is 5.76. The van der Waals surface area contributed by atoms with Gasteiger partial charge in [0.05, 0.1) is 6.04 Å². The maximum absolute atomic E-state index is 2.45. The number of benzene rings is 2. The smallest absolute Gasteiger partial charge is 0.0732 e. The molecule has 0 N–H and O–H groups in total. The molecule has 2 aromatic carbocycles. The van der Waals surface area contributed by atoms with Crippen molar-refractivity contribution in [2.24, 2.45) is 0 Å². The highest BCUT2D eigenvalue weighted by atomic mass is 15.1. The molecule has 0 spiro atoms. The largest absolute Gasteiger partial charge is 0.367 e. The summed E-state index contributed by atoms with van der Waals surface area (Å²) in [5.41, 5.74) is 8.28. The van der Waals surface area contributed by atoms with Gasteiger partial charge in [-0.15, -0.1) is 0 Å². The van der Waals surface area contributed by atoms with Gasteiger partial charge in [0.25, 0.3) is 0 Å². The Morgan fingerprint density at radius 3 is 2.59 bits per heavy atom. The number of aryl methyl sites for hydroxylation is 2. The second-order valence-electron chi connectivity index (χ2n) is 6.45. The van der Waals surface area contributed by atoms with Crippen LogP contribution in [-0.4, -0.2) is 11.4 Å². The molecule has 0 bridgehead atoms. The first-order valence-electron chi connectivity index (χ1n) is 8.03. The van der Waals surface area contributed by atoms with Crippen LogP contribution in [0.4, 0.5) is 0 Å². The van der Waals surface area contributed by atoms with Crippen LogP contribution in [0.2, 0.25) is 0 Å². The van der Waals surface area contributed by atoms with E-state index in [4.69, 9.17) is 0 Å². The van der Waals surface area contributed by atoms with E-state index in [-0.39, 0.29) is 0 Å². The van der Waals surface area contributed by atoms with Crippen molar-refractivity contribution in [3.63, 3.8) is 0 Å². The highest BCUT2D eigenvalue weighted by Crippen LogP contribution is 2.36. The van der Waals surface area contributed by atoms with E-state index in [1.54, 1.807) is 0 Å². The Morgan fingerprint density at radius 2 is 1.77 bits per heavy atom. The lowest BCUT2D eigenvalue weighted by atomic mass is 9.88. The molecule has 0 radical (unpaired) electrons. The Balaban J connectivity index is 1.78. The van der Waals surface area contributed by atoms with Crippen LogP contribution in [0, 0.1) is 13.8 Å². The third-order valence-corrected chi connectivity index (χ3v) is 4.71. The summed E-state index contributed by atoms with van der Waals surface area (Å²) in [5.74, 6) is 0. The first-order valence-corrected chi connectivity index (χ1v) is 8.03. The second-order valence-corrected chi connectivity index (χ2v) is 6.45. The summed E-state index contributed by atoms with van der Waals surface area (Å²) in [5, 5.41) is 0. The lowest BCUT2D eigenvalue weighted by molar-refractivity contribution is 0.306. The van der Waals surface area contributed by atoms with E-state index in [1.165, 1.54) is 33.4 Å². The molecule has 0 aliphatic carbocycles.